The second-order valence-electron chi connectivity index (χ2n) is 3.06. The maximum atomic E-state index is 10.9. The topological polar surface area (TPSA) is 118 Å². The molecule has 0 fully saturated rings. The second-order valence-corrected chi connectivity index (χ2v) is 3.06. The molecule has 102 valence electrons. The highest BCUT2D eigenvalue weighted by molar-refractivity contribution is 5.67. The number of carbonyl (C=O) groups excluding carboxylic acids is 2. The summed E-state index contributed by atoms with van der Waals surface area (Å²) >= 11 is 0. The van der Waals surface area contributed by atoms with Gasteiger partial charge in [0.1, 0.15) is 0 Å². The maximum absolute atomic E-state index is 10.9. The monoisotopic (exact) mass is 262 g/mol. The lowest BCUT2D eigenvalue weighted by molar-refractivity contribution is 0.117. The summed E-state index contributed by atoms with van der Waals surface area (Å²) < 4.78 is 8.60. The molecular formula is C8H14N4O6. The van der Waals surface area contributed by atoms with E-state index in [4.69, 9.17) is 0 Å². The Morgan fingerprint density at radius 3 is 1.44 bits per heavy atom. The Kier molecular flexibility index (Phi) is 7.73. The number of rotatable bonds is 7. The Labute approximate surface area is 103 Å². The SMILES string of the molecule is COC(=O)N(CCCCN(N=O)C(=O)OC)N=O. The third-order valence-electron chi connectivity index (χ3n) is 1.96. The zero-order chi connectivity index (χ0) is 14.0. The number of hydrogen-bond donors (Lipinski definition) is 0. The van der Waals surface area contributed by atoms with Crippen LogP contribution < -0.4 is 0 Å². The van der Waals surface area contributed by atoms with Gasteiger partial charge in [0.2, 0.25) is 0 Å². The molecule has 0 saturated heterocycles. The van der Waals surface area contributed by atoms with E-state index >= 15 is 0 Å². The number of carbonyl (C=O) groups is 2. The van der Waals surface area contributed by atoms with E-state index in [1.54, 1.807) is 0 Å². The van der Waals surface area contributed by atoms with E-state index in [0.29, 0.717) is 22.9 Å². The molecular weight excluding hydrogens is 248 g/mol. The molecule has 0 N–H and O–H groups in total. The lowest BCUT2D eigenvalue weighted by atomic mass is 10.3. The van der Waals surface area contributed by atoms with Crippen molar-refractivity contribution in [3.63, 3.8) is 0 Å². The van der Waals surface area contributed by atoms with Gasteiger partial charge in [0.05, 0.1) is 37.9 Å². The summed E-state index contributed by atoms with van der Waals surface area (Å²) in [7, 11) is 2.24. The van der Waals surface area contributed by atoms with Crippen LogP contribution in [-0.4, -0.2) is 49.5 Å². The van der Waals surface area contributed by atoms with E-state index in [9.17, 15) is 19.4 Å². The van der Waals surface area contributed by atoms with Crippen molar-refractivity contribution in [3.8, 4) is 0 Å². The van der Waals surface area contributed by atoms with Crippen LogP contribution in [0, 0.1) is 9.81 Å². The smallest absolute Gasteiger partial charge is 0.432 e. The minimum atomic E-state index is -0.872. The van der Waals surface area contributed by atoms with E-state index in [0.717, 1.165) is 14.2 Å². The number of ether oxygens (including phenoxy) is 2. The lowest BCUT2D eigenvalue weighted by Crippen LogP contribution is -2.28. The predicted octanol–water partition coefficient (Wildman–Crippen LogP) is 1.27. The molecule has 0 bridgehead atoms. The van der Waals surface area contributed by atoms with Gasteiger partial charge in [-0.2, -0.15) is 10.0 Å². The molecule has 0 rings (SSSR count). The van der Waals surface area contributed by atoms with Crippen LogP contribution in [0.4, 0.5) is 9.59 Å². The molecule has 10 heteroatoms. The molecule has 0 aromatic carbocycles. The quantitative estimate of drug-likeness (QED) is 0.387. The number of hydrogen-bond acceptors (Lipinski definition) is 8. The van der Waals surface area contributed by atoms with Gasteiger partial charge in [0.15, 0.2) is 0 Å². The van der Waals surface area contributed by atoms with Crippen LogP contribution in [-0.2, 0) is 9.47 Å². The molecule has 0 spiro atoms. The summed E-state index contributed by atoms with van der Waals surface area (Å²) in [4.78, 5) is 42.4. The van der Waals surface area contributed by atoms with E-state index < -0.39 is 12.2 Å². The molecule has 0 aliphatic heterocycles. The maximum Gasteiger partial charge on any atom is 0.432 e. The van der Waals surface area contributed by atoms with Crippen molar-refractivity contribution < 1.29 is 19.1 Å². The molecule has 0 aliphatic carbocycles. The number of nitrogens with zero attached hydrogens (tertiary/aromatic N) is 4. The molecule has 2 amide bonds. The molecule has 0 aromatic heterocycles. The van der Waals surface area contributed by atoms with Crippen molar-refractivity contribution in [2.24, 2.45) is 10.6 Å². The van der Waals surface area contributed by atoms with Gasteiger partial charge in [-0.1, -0.05) is 0 Å². The fraction of sp³-hybridized carbons (Fsp3) is 0.750. The number of methoxy groups -OCH3 is 2. The van der Waals surface area contributed by atoms with Crippen molar-refractivity contribution in [1.29, 1.82) is 0 Å². The van der Waals surface area contributed by atoms with E-state index in [2.05, 4.69) is 20.0 Å². The van der Waals surface area contributed by atoms with Crippen LogP contribution in [0.1, 0.15) is 12.8 Å². The third kappa shape index (κ3) is 5.18. The molecule has 0 saturated carbocycles. The first kappa shape index (κ1) is 15.7. The van der Waals surface area contributed by atoms with Crippen molar-refractivity contribution >= 4 is 12.2 Å². The summed E-state index contributed by atoms with van der Waals surface area (Å²) in [5.74, 6) is 0. The molecule has 10 nitrogen and oxygen atoms in total. The minimum absolute atomic E-state index is 0.0179. The molecule has 0 radical (unpaired) electrons. The first-order valence-corrected chi connectivity index (χ1v) is 4.98. The summed E-state index contributed by atoms with van der Waals surface area (Å²) in [6.45, 7) is 0.0358. The van der Waals surface area contributed by atoms with Gasteiger partial charge in [-0.05, 0) is 12.8 Å². The number of amides is 2. The van der Waals surface area contributed by atoms with Gasteiger partial charge in [-0.3, -0.25) is 0 Å². The zero-order valence-corrected chi connectivity index (χ0v) is 10.1. The summed E-state index contributed by atoms with van der Waals surface area (Å²) in [6.07, 6.45) is -1.07. The largest absolute Gasteiger partial charge is 0.451 e. The van der Waals surface area contributed by atoms with E-state index in [1.165, 1.54) is 0 Å². The number of unbranched alkanes of at least 4 members (excludes halogenated alkanes) is 1. The van der Waals surface area contributed by atoms with Gasteiger partial charge < -0.3 is 9.47 Å². The highest BCUT2D eigenvalue weighted by Gasteiger charge is 2.16. The number of nitroso groups, excluding NO2 is 2. The molecule has 0 unspecified atom stereocenters. The minimum Gasteiger partial charge on any atom is -0.451 e. The van der Waals surface area contributed by atoms with Gasteiger partial charge in [0, 0.05) is 0 Å². The fourth-order valence-corrected chi connectivity index (χ4v) is 1.06. The highest BCUT2D eigenvalue weighted by atomic mass is 16.6. The first-order chi connectivity index (χ1) is 8.60. The summed E-state index contributed by atoms with van der Waals surface area (Å²) in [5.41, 5.74) is 0. The Bertz CT molecular complexity index is 280. The van der Waals surface area contributed by atoms with Gasteiger partial charge in [-0.15, -0.1) is 9.81 Å². The van der Waals surface area contributed by atoms with Crippen molar-refractivity contribution in [2.75, 3.05) is 27.3 Å². The van der Waals surface area contributed by atoms with Crippen LogP contribution in [0.25, 0.3) is 0 Å². The lowest BCUT2D eigenvalue weighted by Gasteiger charge is -2.13. The van der Waals surface area contributed by atoms with Crippen LogP contribution in [0.15, 0.2) is 10.6 Å². The Hall–Kier alpha value is -2.26. The average Bonchev–Trinajstić information content (AvgIpc) is 2.41. The average molecular weight is 262 g/mol. The van der Waals surface area contributed by atoms with Crippen molar-refractivity contribution in [2.45, 2.75) is 12.8 Å². The first-order valence-electron chi connectivity index (χ1n) is 4.98. The standard InChI is InChI=1S/C8H14N4O6/c1-17-7(13)11(9-15)5-3-4-6-12(10-16)8(14)18-2/h3-6H2,1-2H3. The molecule has 0 atom stereocenters. The Morgan fingerprint density at radius 1 is 0.889 bits per heavy atom. The van der Waals surface area contributed by atoms with Crippen LogP contribution in [0.5, 0.6) is 0 Å². The summed E-state index contributed by atoms with van der Waals surface area (Å²) in [6, 6.07) is 0. The molecule has 0 aromatic rings. The third-order valence-corrected chi connectivity index (χ3v) is 1.96. The molecule has 0 aliphatic rings. The molecule has 0 heterocycles. The van der Waals surface area contributed by atoms with Gasteiger partial charge in [0.25, 0.3) is 0 Å². The van der Waals surface area contributed by atoms with Gasteiger partial charge >= 0.3 is 12.2 Å². The highest BCUT2D eigenvalue weighted by Crippen LogP contribution is 2.02. The Balaban J connectivity index is 3.97. The van der Waals surface area contributed by atoms with Crippen LogP contribution in [0.2, 0.25) is 0 Å². The van der Waals surface area contributed by atoms with Crippen LogP contribution >= 0.6 is 0 Å². The van der Waals surface area contributed by atoms with E-state index in [-0.39, 0.29) is 13.1 Å². The second kappa shape index (κ2) is 8.84. The van der Waals surface area contributed by atoms with Crippen molar-refractivity contribution in [1.82, 2.24) is 10.0 Å². The molecule has 18 heavy (non-hydrogen) atoms. The van der Waals surface area contributed by atoms with Crippen LogP contribution in [0.3, 0.4) is 0 Å². The van der Waals surface area contributed by atoms with E-state index in [1.807, 2.05) is 0 Å². The normalized spacial score (nSPS) is 9.22. The fourth-order valence-electron chi connectivity index (χ4n) is 1.06. The summed E-state index contributed by atoms with van der Waals surface area (Å²) in [5, 5.41) is 6.12. The van der Waals surface area contributed by atoms with Gasteiger partial charge in [-0.25, -0.2) is 9.59 Å². The Morgan fingerprint density at radius 2 is 1.22 bits per heavy atom. The predicted molar refractivity (Wildman–Crippen MR) is 59.0 cm³/mol. The zero-order valence-electron chi connectivity index (χ0n) is 10.1. The van der Waals surface area contributed by atoms with Crippen molar-refractivity contribution in [3.05, 3.63) is 9.81 Å².